The van der Waals surface area contributed by atoms with E-state index < -0.39 is 12.3 Å². The van der Waals surface area contributed by atoms with Gasteiger partial charge in [0, 0.05) is 48.6 Å². The van der Waals surface area contributed by atoms with Crippen molar-refractivity contribution in [1.29, 1.82) is 0 Å². The van der Waals surface area contributed by atoms with Gasteiger partial charge in [-0.3, -0.25) is 4.90 Å². The Kier molecular flexibility index (Phi) is 4.43. The number of phenolic OH excluding ortho intramolecular Hbond substituents is 1. The monoisotopic (exact) mass is 395 g/mol. The molecule has 1 saturated carbocycles. The number of halogens is 1. The number of aromatic hydroxyl groups is 1. The largest absolute Gasteiger partial charge is 0.507 e. The van der Waals surface area contributed by atoms with E-state index in [2.05, 4.69) is 20.1 Å². The summed E-state index contributed by atoms with van der Waals surface area (Å²) < 4.78 is 22.5. The number of rotatable bonds is 4. The van der Waals surface area contributed by atoms with Crippen LogP contribution < -0.4 is 4.74 Å². The molecule has 3 fully saturated rings. The molecule has 4 atom stereocenters. The Morgan fingerprint density at radius 2 is 2.07 bits per heavy atom. The smallest absolute Gasteiger partial charge is 0.233 e. The van der Waals surface area contributed by atoms with E-state index in [4.69, 9.17) is 4.74 Å². The molecule has 1 aromatic carbocycles. The van der Waals surface area contributed by atoms with Gasteiger partial charge in [0.05, 0.1) is 17.7 Å². The van der Waals surface area contributed by atoms with Crippen molar-refractivity contribution in [2.24, 2.45) is 5.92 Å². The summed E-state index contributed by atoms with van der Waals surface area (Å²) in [6.45, 7) is 0.846. The van der Waals surface area contributed by atoms with Crippen molar-refractivity contribution in [2.45, 2.75) is 31.2 Å². The second kappa shape index (κ2) is 7.11. The first-order valence-electron chi connectivity index (χ1n) is 9.76. The van der Waals surface area contributed by atoms with Crippen LogP contribution in [0, 0.1) is 5.92 Å². The molecule has 8 heteroatoms. The van der Waals surface area contributed by atoms with Gasteiger partial charge in [0.15, 0.2) is 6.17 Å². The lowest BCUT2D eigenvalue weighted by molar-refractivity contribution is -0.0891. The minimum atomic E-state index is -1.02. The minimum Gasteiger partial charge on any atom is -0.507 e. The summed E-state index contributed by atoms with van der Waals surface area (Å²) in [4.78, 5) is 6.09. The van der Waals surface area contributed by atoms with Crippen LogP contribution in [0.25, 0.3) is 16.9 Å². The fourth-order valence-corrected chi connectivity index (χ4v) is 4.49. The van der Waals surface area contributed by atoms with Gasteiger partial charge >= 0.3 is 0 Å². The van der Waals surface area contributed by atoms with Crippen LogP contribution in [-0.2, 0) is 0 Å². The van der Waals surface area contributed by atoms with E-state index in [0.29, 0.717) is 17.1 Å². The van der Waals surface area contributed by atoms with Gasteiger partial charge in [-0.2, -0.15) is 0 Å². The Morgan fingerprint density at radius 1 is 1.17 bits per heavy atom. The molecule has 150 valence electrons. The molecular formula is C21H22FN5O2. The molecule has 0 radical (unpaired) electrons. The highest BCUT2D eigenvalue weighted by Gasteiger charge is 2.48. The van der Waals surface area contributed by atoms with Crippen molar-refractivity contribution in [3.8, 4) is 28.6 Å². The standard InChI is InChI=1S/C21H22FN5O2/c1-26-11-13-2-6-17(26)20(22)21(13)29-19-7-5-16(24-25-19)15-4-3-14(10-18(15)28)27-9-8-23-12-27/h3-5,7-10,12-13,17,20-21,28H,2,6,11H2,1H3/t13-,17?,20?,21?/m0/s1. The second-order valence-corrected chi connectivity index (χ2v) is 7.80. The summed E-state index contributed by atoms with van der Waals surface area (Å²) in [7, 11) is 1.97. The van der Waals surface area contributed by atoms with E-state index in [0.717, 1.165) is 25.1 Å². The van der Waals surface area contributed by atoms with Gasteiger partial charge in [-0.05, 0) is 38.1 Å². The van der Waals surface area contributed by atoms with E-state index in [9.17, 15) is 9.50 Å². The molecule has 0 amide bonds. The predicted octanol–water partition coefficient (Wildman–Crippen LogP) is 2.84. The summed E-state index contributed by atoms with van der Waals surface area (Å²) in [6, 6.07) is 8.63. The maximum absolute atomic E-state index is 14.8. The van der Waals surface area contributed by atoms with Crippen molar-refractivity contribution in [3.63, 3.8) is 0 Å². The molecule has 2 aliphatic heterocycles. The number of phenols is 1. The molecule has 3 aromatic rings. The van der Waals surface area contributed by atoms with Gasteiger partial charge in [0.25, 0.3) is 0 Å². The molecule has 7 nitrogen and oxygen atoms in total. The van der Waals surface area contributed by atoms with Crippen molar-refractivity contribution < 1.29 is 14.2 Å². The Balaban J connectivity index is 1.33. The number of alkyl halides is 1. The van der Waals surface area contributed by atoms with Crippen LogP contribution in [0.15, 0.2) is 49.1 Å². The lowest BCUT2D eigenvalue weighted by Crippen LogP contribution is -2.61. The number of nitrogens with zero attached hydrogens (tertiary/aromatic N) is 5. The number of aromatic nitrogens is 4. The molecule has 2 bridgehead atoms. The molecule has 1 aliphatic carbocycles. The quantitative estimate of drug-likeness (QED) is 0.732. The zero-order chi connectivity index (χ0) is 20.0. The summed E-state index contributed by atoms with van der Waals surface area (Å²) in [5, 5.41) is 18.7. The third-order valence-corrected chi connectivity index (χ3v) is 6.02. The van der Waals surface area contributed by atoms with Crippen LogP contribution in [0.2, 0.25) is 0 Å². The average Bonchev–Trinajstić information content (AvgIpc) is 3.26. The lowest BCUT2D eigenvalue weighted by atomic mass is 9.76. The summed E-state index contributed by atoms with van der Waals surface area (Å²) in [5.41, 5.74) is 1.88. The first-order valence-corrected chi connectivity index (χ1v) is 9.76. The first kappa shape index (κ1) is 18.1. The Hall–Kier alpha value is -3.00. The van der Waals surface area contributed by atoms with Gasteiger partial charge in [0.2, 0.25) is 5.88 Å². The van der Waals surface area contributed by atoms with Crippen molar-refractivity contribution in [1.82, 2.24) is 24.6 Å². The minimum absolute atomic E-state index is 0.0804. The van der Waals surface area contributed by atoms with Gasteiger partial charge in [-0.1, -0.05) is 0 Å². The number of ether oxygens (including phenoxy) is 1. The normalized spacial score (nSPS) is 26.6. The Bertz CT molecular complexity index is 993. The van der Waals surface area contributed by atoms with Crippen molar-refractivity contribution >= 4 is 0 Å². The highest BCUT2D eigenvalue weighted by atomic mass is 19.1. The SMILES string of the molecule is CN1C[C@@H]2CCC1C(F)C2Oc1ccc(-c2ccc(-n3ccnc3)cc2O)nn1. The maximum Gasteiger partial charge on any atom is 0.233 e. The van der Waals surface area contributed by atoms with Crippen LogP contribution in [0.5, 0.6) is 11.6 Å². The van der Waals surface area contributed by atoms with E-state index >= 15 is 0 Å². The molecule has 0 spiro atoms. The number of benzene rings is 1. The van der Waals surface area contributed by atoms with E-state index in [1.165, 1.54) is 0 Å². The molecule has 1 N–H and O–H groups in total. The number of imidazole rings is 1. The van der Waals surface area contributed by atoms with Crippen LogP contribution in [0.4, 0.5) is 4.39 Å². The zero-order valence-corrected chi connectivity index (χ0v) is 16.0. The zero-order valence-electron chi connectivity index (χ0n) is 16.0. The van der Waals surface area contributed by atoms with Crippen molar-refractivity contribution in [3.05, 3.63) is 49.1 Å². The van der Waals surface area contributed by atoms with E-state index in [-0.39, 0.29) is 17.7 Å². The number of piperidine rings is 2. The number of hydrogen-bond donors (Lipinski definition) is 1. The Morgan fingerprint density at radius 3 is 2.72 bits per heavy atom. The molecule has 2 saturated heterocycles. The highest BCUT2D eigenvalue weighted by molar-refractivity contribution is 5.68. The Labute approximate surface area is 167 Å². The molecule has 2 aromatic heterocycles. The molecular weight excluding hydrogens is 373 g/mol. The van der Waals surface area contributed by atoms with Gasteiger partial charge < -0.3 is 14.4 Å². The van der Waals surface area contributed by atoms with Gasteiger partial charge in [0.1, 0.15) is 11.9 Å². The fraction of sp³-hybridized carbons (Fsp3) is 0.381. The molecule has 29 heavy (non-hydrogen) atoms. The molecule has 6 rings (SSSR count). The van der Waals surface area contributed by atoms with Crippen molar-refractivity contribution in [2.75, 3.05) is 13.6 Å². The average molecular weight is 395 g/mol. The number of hydrogen-bond acceptors (Lipinski definition) is 6. The highest BCUT2D eigenvalue weighted by Crippen LogP contribution is 2.38. The predicted molar refractivity (Wildman–Crippen MR) is 105 cm³/mol. The lowest BCUT2D eigenvalue weighted by Gasteiger charge is -2.49. The van der Waals surface area contributed by atoms with Crippen LogP contribution in [-0.4, -0.2) is 61.7 Å². The van der Waals surface area contributed by atoms with E-state index in [1.807, 2.05) is 13.1 Å². The summed E-state index contributed by atoms with van der Waals surface area (Å²) in [5.74, 6) is 0.572. The first-order chi connectivity index (χ1) is 14.1. The third-order valence-electron chi connectivity index (χ3n) is 6.02. The van der Waals surface area contributed by atoms with Crippen LogP contribution in [0.1, 0.15) is 12.8 Å². The number of fused-ring (bicyclic) bond motifs is 3. The molecule has 3 unspecified atom stereocenters. The van der Waals surface area contributed by atoms with Crippen LogP contribution in [0.3, 0.4) is 0 Å². The van der Waals surface area contributed by atoms with Crippen LogP contribution >= 0.6 is 0 Å². The molecule has 3 aliphatic rings. The summed E-state index contributed by atoms with van der Waals surface area (Å²) in [6.07, 6.45) is 5.49. The van der Waals surface area contributed by atoms with Gasteiger partial charge in [-0.15, -0.1) is 10.2 Å². The van der Waals surface area contributed by atoms with E-state index in [1.54, 1.807) is 47.6 Å². The topological polar surface area (TPSA) is 76.3 Å². The summed E-state index contributed by atoms with van der Waals surface area (Å²) >= 11 is 0. The third kappa shape index (κ3) is 3.23. The van der Waals surface area contributed by atoms with Gasteiger partial charge in [-0.25, -0.2) is 9.37 Å². The fourth-order valence-electron chi connectivity index (χ4n) is 4.49. The molecule has 4 heterocycles. The second-order valence-electron chi connectivity index (χ2n) is 7.80. The maximum atomic E-state index is 14.8.